The van der Waals surface area contributed by atoms with Gasteiger partial charge in [0.25, 0.3) is 0 Å². The van der Waals surface area contributed by atoms with Crippen molar-refractivity contribution < 1.29 is 0 Å². The molecule has 0 amide bonds. The second kappa shape index (κ2) is 18.4. The van der Waals surface area contributed by atoms with E-state index in [2.05, 4.69) is 301 Å². The molecular weight excluding hydrogens is 869 g/mol. The minimum atomic E-state index is 1.07. The molecule has 12 aromatic carbocycles. The molecule has 0 fully saturated rings. The minimum Gasteiger partial charge on any atom is -0.310 e. The van der Waals surface area contributed by atoms with E-state index in [1.807, 2.05) is 0 Å². The van der Waals surface area contributed by atoms with Gasteiger partial charge in [-0.25, -0.2) is 0 Å². The number of hydrogen-bond donors (Lipinski definition) is 0. The molecule has 2 nitrogen and oxygen atoms in total. The first kappa shape index (κ1) is 42.6. The summed E-state index contributed by atoms with van der Waals surface area (Å²) < 4.78 is 2.41. The van der Waals surface area contributed by atoms with Crippen LogP contribution in [-0.4, -0.2) is 4.57 Å². The molecule has 0 atom stereocenters. The summed E-state index contributed by atoms with van der Waals surface area (Å²) in [6.07, 6.45) is 0. The highest BCUT2D eigenvalue weighted by Gasteiger charge is 2.19. The smallest absolute Gasteiger partial charge is 0.0547 e. The highest BCUT2D eigenvalue weighted by molar-refractivity contribution is 6.13. The van der Waals surface area contributed by atoms with E-state index < -0.39 is 0 Å². The van der Waals surface area contributed by atoms with Gasteiger partial charge in [0, 0.05) is 33.5 Å². The van der Waals surface area contributed by atoms with Gasteiger partial charge in [0.15, 0.2) is 0 Å². The molecule has 0 bridgehead atoms. The molecule has 13 rings (SSSR count). The van der Waals surface area contributed by atoms with Crippen LogP contribution < -0.4 is 4.90 Å². The maximum absolute atomic E-state index is 2.41. The van der Waals surface area contributed by atoms with Gasteiger partial charge < -0.3 is 9.47 Å². The molecule has 0 unspecified atom stereocenters. The lowest BCUT2D eigenvalue weighted by molar-refractivity contribution is 1.18. The zero-order valence-corrected chi connectivity index (χ0v) is 39.6. The second-order valence-electron chi connectivity index (χ2n) is 18.5. The summed E-state index contributed by atoms with van der Waals surface area (Å²) in [5.41, 5.74) is 20.9. The van der Waals surface area contributed by atoms with Crippen LogP contribution in [0.4, 0.5) is 17.1 Å². The molecule has 0 aliphatic rings. The van der Waals surface area contributed by atoms with Gasteiger partial charge in [-0.3, -0.25) is 0 Å². The first-order valence-electron chi connectivity index (χ1n) is 24.7. The van der Waals surface area contributed by atoms with Crippen molar-refractivity contribution in [3.63, 3.8) is 0 Å². The summed E-state index contributed by atoms with van der Waals surface area (Å²) in [4.78, 5) is 2.40. The Morgan fingerprint density at radius 3 is 1.26 bits per heavy atom. The number of para-hydroxylation sites is 1. The average molecular weight is 917 g/mol. The van der Waals surface area contributed by atoms with E-state index in [0.717, 1.165) is 45.0 Å². The Kier molecular flexibility index (Phi) is 10.9. The molecule has 338 valence electrons. The zero-order valence-electron chi connectivity index (χ0n) is 39.6. The van der Waals surface area contributed by atoms with Crippen LogP contribution in [0, 0.1) is 0 Å². The Morgan fingerprint density at radius 2 is 0.653 bits per heavy atom. The van der Waals surface area contributed by atoms with E-state index in [1.165, 1.54) is 77.1 Å². The van der Waals surface area contributed by atoms with E-state index >= 15 is 0 Å². The molecule has 0 saturated heterocycles. The number of anilines is 3. The van der Waals surface area contributed by atoms with Crippen molar-refractivity contribution in [2.24, 2.45) is 0 Å². The first-order valence-corrected chi connectivity index (χ1v) is 24.7. The number of benzene rings is 12. The fourth-order valence-electron chi connectivity index (χ4n) is 10.5. The second-order valence-corrected chi connectivity index (χ2v) is 18.5. The first-order chi connectivity index (χ1) is 35.7. The average Bonchev–Trinajstić information content (AvgIpc) is 3.78. The predicted octanol–water partition coefficient (Wildman–Crippen LogP) is 19.4. The van der Waals surface area contributed by atoms with Crippen LogP contribution >= 0.6 is 0 Å². The lowest BCUT2D eigenvalue weighted by Crippen LogP contribution is -2.10. The quantitative estimate of drug-likeness (QED) is 0.133. The van der Waals surface area contributed by atoms with Crippen molar-refractivity contribution in [3.8, 4) is 72.4 Å². The number of rotatable bonds is 10. The fraction of sp³-hybridized carbons (Fsp3) is 0. The third-order valence-corrected chi connectivity index (χ3v) is 14.2. The van der Waals surface area contributed by atoms with Gasteiger partial charge in [0.2, 0.25) is 0 Å². The standard InChI is InChI=1S/C70H48N2/c1-4-15-49(16-5-1)51-27-29-53(30-28-51)54-35-39-61(40-36-54)71(63-24-14-23-58(45-63)55-33-31-52(32-34-55)50-17-6-2-7-18-50)64-43-44-65(67(48-64)56-19-8-3-9-20-56)57-37-41-62(42-38-57)72-69-26-13-12-25-66(69)68-46-59-21-10-11-22-60(59)47-70(68)72/h1-48H. The summed E-state index contributed by atoms with van der Waals surface area (Å²) in [7, 11) is 0. The van der Waals surface area contributed by atoms with Crippen molar-refractivity contribution in [2.75, 3.05) is 4.90 Å². The lowest BCUT2D eigenvalue weighted by atomic mass is 9.93. The van der Waals surface area contributed by atoms with Crippen LogP contribution in [0.1, 0.15) is 0 Å². The normalized spacial score (nSPS) is 11.3. The van der Waals surface area contributed by atoms with E-state index in [-0.39, 0.29) is 0 Å². The van der Waals surface area contributed by atoms with E-state index in [9.17, 15) is 0 Å². The Labute approximate surface area is 420 Å². The third-order valence-electron chi connectivity index (χ3n) is 14.2. The predicted molar refractivity (Wildman–Crippen MR) is 306 cm³/mol. The van der Waals surface area contributed by atoms with Crippen LogP contribution in [-0.2, 0) is 0 Å². The third kappa shape index (κ3) is 8.01. The van der Waals surface area contributed by atoms with Crippen LogP contribution in [0.5, 0.6) is 0 Å². The minimum absolute atomic E-state index is 1.07. The van der Waals surface area contributed by atoms with Crippen LogP contribution in [0.15, 0.2) is 291 Å². The SMILES string of the molecule is c1ccc(-c2ccc(-c3ccc(N(c4cccc(-c5ccc(-c6ccccc6)cc5)c4)c4ccc(-c5ccc(-n6c7ccccc7c7cc8ccccc8cc76)cc5)c(-c5ccccc5)c4)cc3)cc2)cc1. The summed E-state index contributed by atoms with van der Waals surface area (Å²) in [5, 5.41) is 5.01. The molecule has 2 heteroatoms. The monoisotopic (exact) mass is 916 g/mol. The van der Waals surface area contributed by atoms with Crippen LogP contribution in [0.2, 0.25) is 0 Å². The molecule has 0 aliphatic heterocycles. The maximum atomic E-state index is 2.41. The molecule has 1 heterocycles. The molecule has 13 aromatic rings. The molecule has 72 heavy (non-hydrogen) atoms. The van der Waals surface area contributed by atoms with Gasteiger partial charge in [-0.15, -0.1) is 0 Å². The topological polar surface area (TPSA) is 8.17 Å². The van der Waals surface area contributed by atoms with Gasteiger partial charge in [-0.05, 0) is 144 Å². The van der Waals surface area contributed by atoms with Crippen molar-refractivity contribution in [3.05, 3.63) is 291 Å². The van der Waals surface area contributed by atoms with E-state index in [4.69, 9.17) is 0 Å². The number of nitrogens with zero attached hydrogens (tertiary/aromatic N) is 2. The van der Waals surface area contributed by atoms with Gasteiger partial charge in [-0.2, -0.15) is 0 Å². The zero-order chi connectivity index (χ0) is 47.8. The van der Waals surface area contributed by atoms with Crippen molar-refractivity contribution in [1.82, 2.24) is 4.57 Å². The van der Waals surface area contributed by atoms with Gasteiger partial charge in [-0.1, -0.05) is 224 Å². The number of aromatic nitrogens is 1. The Bertz CT molecular complexity index is 4030. The van der Waals surface area contributed by atoms with Gasteiger partial charge in [0.05, 0.1) is 11.0 Å². The molecule has 0 saturated carbocycles. The van der Waals surface area contributed by atoms with Crippen molar-refractivity contribution in [1.29, 1.82) is 0 Å². The summed E-state index contributed by atoms with van der Waals surface area (Å²) in [6.45, 7) is 0. The number of hydrogen-bond acceptors (Lipinski definition) is 1. The Balaban J connectivity index is 0.907. The van der Waals surface area contributed by atoms with Crippen molar-refractivity contribution in [2.45, 2.75) is 0 Å². The lowest BCUT2D eigenvalue weighted by Gasteiger charge is -2.27. The Hall–Kier alpha value is -9.50. The van der Waals surface area contributed by atoms with Crippen LogP contribution in [0.25, 0.3) is 105 Å². The largest absolute Gasteiger partial charge is 0.310 e. The molecule has 0 radical (unpaired) electrons. The Morgan fingerprint density at radius 1 is 0.222 bits per heavy atom. The number of fused-ring (bicyclic) bond motifs is 4. The molecular formula is C70H48N2. The highest BCUT2D eigenvalue weighted by atomic mass is 15.1. The summed E-state index contributed by atoms with van der Waals surface area (Å²) >= 11 is 0. The molecule has 1 aromatic heterocycles. The molecule has 0 spiro atoms. The van der Waals surface area contributed by atoms with E-state index in [1.54, 1.807) is 0 Å². The highest BCUT2D eigenvalue weighted by Crippen LogP contribution is 2.43. The van der Waals surface area contributed by atoms with Gasteiger partial charge in [0.1, 0.15) is 0 Å². The maximum Gasteiger partial charge on any atom is 0.0547 e. The fourth-order valence-corrected chi connectivity index (χ4v) is 10.5. The van der Waals surface area contributed by atoms with E-state index in [0.29, 0.717) is 0 Å². The molecule has 0 aliphatic carbocycles. The summed E-state index contributed by atoms with van der Waals surface area (Å²) in [5.74, 6) is 0. The van der Waals surface area contributed by atoms with Crippen LogP contribution in [0.3, 0.4) is 0 Å². The van der Waals surface area contributed by atoms with Crippen molar-refractivity contribution >= 4 is 49.6 Å². The molecule has 0 N–H and O–H groups in total. The summed E-state index contributed by atoms with van der Waals surface area (Å²) in [6, 6.07) is 106. The van der Waals surface area contributed by atoms with Gasteiger partial charge >= 0.3 is 0 Å².